The van der Waals surface area contributed by atoms with Gasteiger partial charge in [-0.2, -0.15) is 4.98 Å². The average molecular weight is 405 g/mol. The Kier molecular flexibility index (Phi) is 5.31. The van der Waals surface area contributed by atoms with Gasteiger partial charge in [-0.25, -0.2) is 0 Å². The SMILES string of the molecule is CC(C)OCC(N)c1noc(-c2ccc(Br)cc2Br)n1. The molecule has 0 aliphatic rings. The normalized spacial score (nSPS) is 12.9. The van der Waals surface area contributed by atoms with Gasteiger partial charge in [-0.05, 0) is 48.0 Å². The molecule has 5 nitrogen and oxygen atoms in total. The molecule has 1 heterocycles. The molecule has 1 atom stereocenters. The van der Waals surface area contributed by atoms with Crippen molar-refractivity contribution in [1.82, 2.24) is 10.1 Å². The topological polar surface area (TPSA) is 74.2 Å². The van der Waals surface area contributed by atoms with Crippen LogP contribution in [0.3, 0.4) is 0 Å². The van der Waals surface area contributed by atoms with E-state index in [9.17, 15) is 0 Å². The molecule has 1 aromatic carbocycles. The molecule has 2 N–H and O–H groups in total. The maximum absolute atomic E-state index is 5.97. The lowest BCUT2D eigenvalue weighted by Crippen LogP contribution is -2.20. The number of nitrogens with two attached hydrogens (primary N) is 1. The first kappa shape index (κ1) is 15.6. The van der Waals surface area contributed by atoms with E-state index in [0.29, 0.717) is 18.3 Å². The van der Waals surface area contributed by atoms with Crippen molar-refractivity contribution >= 4 is 31.9 Å². The lowest BCUT2D eigenvalue weighted by molar-refractivity contribution is 0.0665. The molecule has 2 aromatic rings. The summed E-state index contributed by atoms with van der Waals surface area (Å²) in [7, 11) is 0. The Hall–Kier alpha value is -0.760. The van der Waals surface area contributed by atoms with Gasteiger partial charge in [-0.15, -0.1) is 0 Å². The third kappa shape index (κ3) is 3.88. The minimum atomic E-state index is -0.399. The van der Waals surface area contributed by atoms with Crippen molar-refractivity contribution in [3.63, 3.8) is 0 Å². The first-order valence-corrected chi connectivity index (χ1v) is 7.72. The summed E-state index contributed by atoms with van der Waals surface area (Å²) in [6.45, 7) is 4.26. The average Bonchev–Trinajstić information content (AvgIpc) is 2.85. The fourth-order valence-corrected chi connectivity index (χ4v) is 2.75. The van der Waals surface area contributed by atoms with Crippen LogP contribution in [0.2, 0.25) is 0 Å². The zero-order chi connectivity index (χ0) is 14.7. The van der Waals surface area contributed by atoms with Crippen molar-refractivity contribution in [1.29, 1.82) is 0 Å². The number of benzene rings is 1. The van der Waals surface area contributed by atoms with E-state index in [1.807, 2.05) is 32.0 Å². The second kappa shape index (κ2) is 6.80. The van der Waals surface area contributed by atoms with E-state index in [1.165, 1.54) is 0 Å². The van der Waals surface area contributed by atoms with Crippen LogP contribution in [0.4, 0.5) is 0 Å². The van der Waals surface area contributed by atoms with Gasteiger partial charge in [-0.3, -0.25) is 0 Å². The first-order chi connectivity index (χ1) is 9.47. The summed E-state index contributed by atoms with van der Waals surface area (Å²) in [5.74, 6) is 0.870. The standard InChI is InChI=1S/C13H15Br2N3O2/c1-7(2)19-6-11(16)12-17-13(20-18-12)9-4-3-8(14)5-10(9)15/h3-5,7,11H,6,16H2,1-2H3. The lowest BCUT2D eigenvalue weighted by atomic mass is 10.2. The van der Waals surface area contributed by atoms with E-state index in [-0.39, 0.29) is 6.10 Å². The number of aromatic nitrogens is 2. The molecule has 7 heteroatoms. The van der Waals surface area contributed by atoms with Gasteiger partial charge in [0.25, 0.3) is 5.89 Å². The van der Waals surface area contributed by atoms with Crippen LogP contribution < -0.4 is 5.73 Å². The summed E-state index contributed by atoms with van der Waals surface area (Å²) in [6.07, 6.45) is 0.119. The number of halogens is 2. The van der Waals surface area contributed by atoms with Gasteiger partial charge < -0.3 is 15.0 Å². The Morgan fingerprint density at radius 1 is 1.35 bits per heavy atom. The second-order valence-electron chi connectivity index (χ2n) is 4.57. The molecular weight excluding hydrogens is 390 g/mol. The molecule has 1 unspecified atom stereocenters. The van der Waals surface area contributed by atoms with Gasteiger partial charge in [0, 0.05) is 8.95 Å². The van der Waals surface area contributed by atoms with Crippen LogP contribution in [-0.2, 0) is 4.74 Å². The summed E-state index contributed by atoms with van der Waals surface area (Å²) < 4.78 is 12.5. The van der Waals surface area contributed by atoms with Crippen LogP contribution in [0.5, 0.6) is 0 Å². The fourth-order valence-electron chi connectivity index (χ4n) is 1.53. The molecule has 2 rings (SSSR count). The summed E-state index contributed by atoms with van der Waals surface area (Å²) in [5.41, 5.74) is 6.79. The van der Waals surface area contributed by atoms with E-state index in [1.54, 1.807) is 0 Å². The molecule has 0 amide bonds. The highest BCUT2D eigenvalue weighted by atomic mass is 79.9. The van der Waals surface area contributed by atoms with Crippen LogP contribution in [0.1, 0.15) is 25.7 Å². The molecule has 0 aliphatic heterocycles. The molecule has 0 aliphatic carbocycles. The number of hydrogen-bond acceptors (Lipinski definition) is 5. The van der Waals surface area contributed by atoms with Gasteiger partial charge in [0.1, 0.15) is 0 Å². The fraction of sp³-hybridized carbons (Fsp3) is 0.385. The van der Waals surface area contributed by atoms with Crippen molar-refractivity contribution < 1.29 is 9.26 Å². The second-order valence-corrected chi connectivity index (χ2v) is 6.34. The predicted octanol–water partition coefficient (Wildman–Crippen LogP) is 3.69. The van der Waals surface area contributed by atoms with Gasteiger partial charge in [0.15, 0.2) is 5.82 Å². The quantitative estimate of drug-likeness (QED) is 0.822. The third-order valence-corrected chi connectivity index (χ3v) is 3.69. The molecule has 20 heavy (non-hydrogen) atoms. The van der Waals surface area contributed by atoms with Crippen LogP contribution in [-0.4, -0.2) is 22.9 Å². The van der Waals surface area contributed by atoms with E-state index >= 15 is 0 Å². The number of rotatable bonds is 5. The van der Waals surface area contributed by atoms with Crippen molar-refractivity contribution in [2.45, 2.75) is 26.0 Å². The monoisotopic (exact) mass is 403 g/mol. The highest BCUT2D eigenvalue weighted by Gasteiger charge is 2.17. The Bertz CT molecular complexity index is 587. The summed E-state index contributed by atoms with van der Waals surface area (Å²) in [6, 6.07) is 5.32. The van der Waals surface area contributed by atoms with Gasteiger partial charge in [0.05, 0.1) is 24.3 Å². The van der Waals surface area contributed by atoms with Gasteiger partial charge >= 0.3 is 0 Å². The van der Waals surface area contributed by atoms with Crippen molar-refractivity contribution in [2.24, 2.45) is 5.73 Å². The smallest absolute Gasteiger partial charge is 0.259 e. The van der Waals surface area contributed by atoms with E-state index in [4.69, 9.17) is 15.0 Å². The lowest BCUT2D eigenvalue weighted by Gasteiger charge is -2.10. The van der Waals surface area contributed by atoms with Gasteiger partial charge in [-0.1, -0.05) is 21.1 Å². The Labute approximate surface area is 134 Å². The minimum absolute atomic E-state index is 0.119. The zero-order valence-electron chi connectivity index (χ0n) is 11.1. The van der Waals surface area contributed by atoms with Crippen molar-refractivity contribution in [2.75, 3.05) is 6.61 Å². The van der Waals surface area contributed by atoms with Crippen LogP contribution in [0.25, 0.3) is 11.5 Å². The molecule has 0 saturated carbocycles. The summed E-state index contributed by atoms with van der Waals surface area (Å²) in [5, 5.41) is 3.91. The largest absolute Gasteiger partial charge is 0.377 e. The maximum Gasteiger partial charge on any atom is 0.259 e. The Morgan fingerprint density at radius 2 is 2.10 bits per heavy atom. The number of hydrogen-bond donors (Lipinski definition) is 1. The molecular formula is C13H15Br2N3O2. The van der Waals surface area contributed by atoms with E-state index in [2.05, 4.69) is 42.0 Å². The molecule has 0 saturated heterocycles. The minimum Gasteiger partial charge on any atom is -0.377 e. The van der Waals surface area contributed by atoms with Crippen molar-refractivity contribution in [3.05, 3.63) is 33.0 Å². The van der Waals surface area contributed by atoms with Crippen LogP contribution >= 0.6 is 31.9 Å². The molecule has 1 aromatic heterocycles. The number of ether oxygens (including phenoxy) is 1. The summed E-state index contributed by atoms with van der Waals surface area (Å²) >= 11 is 6.86. The Morgan fingerprint density at radius 3 is 2.75 bits per heavy atom. The Balaban J connectivity index is 2.16. The molecule has 0 radical (unpaired) electrons. The predicted molar refractivity (Wildman–Crippen MR) is 83.2 cm³/mol. The molecule has 0 bridgehead atoms. The highest BCUT2D eigenvalue weighted by Crippen LogP contribution is 2.30. The molecule has 0 fully saturated rings. The zero-order valence-corrected chi connectivity index (χ0v) is 14.3. The maximum atomic E-state index is 5.97. The third-order valence-electron chi connectivity index (χ3n) is 2.54. The highest BCUT2D eigenvalue weighted by molar-refractivity contribution is 9.11. The van der Waals surface area contributed by atoms with Crippen molar-refractivity contribution in [3.8, 4) is 11.5 Å². The van der Waals surface area contributed by atoms with E-state index in [0.717, 1.165) is 14.5 Å². The van der Waals surface area contributed by atoms with Crippen LogP contribution in [0.15, 0.2) is 31.7 Å². The van der Waals surface area contributed by atoms with Crippen LogP contribution in [0, 0.1) is 0 Å². The van der Waals surface area contributed by atoms with Gasteiger partial charge in [0.2, 0.25) is 0 Å². The molecule has 0 spiro atoms. The number of nitrogens with zero attached hydrogens (tertiary/aromatic N) is 2. The first-order valence-electron chi connectivity index (χ1n) is 6.13. The van der Waals surface area contributed by atoms with E-state index < -0.39 is 6.04 Å². The summed E-state index contributed by atoms with van der Waals surface area (Å²) in [4.78, 5) is 4.32. The molecule has 108 valence electrons.